The van der Waals surface area contributed by atoms with Crippen molar-refractivity contribution in [2.24, 2.45) is 0 Å². The normalized spacial score (nSPS) is 12.4. The van der Waals surface area contributed by atoms with Gasteiger partial charge in [0, 0.05) is 18.1 Å². The number of hydrogen-bond acceptors (Lipinski definition) is 4. The number of carbonyl (C=O) groups is 2. The van der Waals surface area contributed by atoms with Crippen LogP contribution in [0.2, 0.25) is 5.02 Å². The summed E-state index contributed by atoms with van der Waals surface area (Å²) in [4.78, 5) is 27.9. The Hall–Kier alpha value is -2.54. The van der Waals surface area contributed by atoms with Crippen LogP contribution in [0, 0.1) is 0 Å². The second-order valence-corrected chi connectivity index (χ2v) is 6.90. The summed E-state index contributed by atoms with van der Waals surface area (Å²) in [6.45, 7) is 6.82. The van der Waals surface area contributed by atoms with Gasteiger partial charge in [0.25, 0.3) is 0 Å². The Kier molecular flexibility index (Phi) is 5.69. The van der Waals surface area contributed by atoms with E-state index in [4.69, 9.17) is 16.3 Å². The smallest absolute Gasteiger partial charge is 0.408 e. The largest absolute Gasteiger partial charge is 0.444 e. The van der Waals surface area contributed by atoms with Crippen molar-refractivity contribution in [3.63, 3.8) is 0 Å². The van der Waals surface area contributed by atoms with Crippen molar-refractivity contribution in [3.05, 3.63) is 41.9 Å². The number of anilines is 1. The highest BCUT2D eigenvalue weighted by Gasteiger charge is 2.21. The predicted molar refractivity (Wildman–Crippen MR) is 96.0 cm³/mol. The minimum Gasteiger partial charge on any atom is -0.444 e. The molecule has 0 radical (unpaired) electrons. The van der Waals surface area contributed by atoms with Crippen LogP contribution in [-0.4, -0.2) is 33.2 Å². The van der Waals surface area contributed by atoms with E-state index in [1.165, 1.54) is 0 Å². The maximum absolute atomic E-state index is 12.2. The molecule has 0 spiro atoms. The van der Waals surface area contributed by atoms with Gasteiger partial charge in [0.05, 0.1) is 17.0 Å². The van der Waals surface area contributed by atoms with Crippen molar-refractivity contribution in [2.75, 3.05) is 5.32 Å². The van der Waals surface area contributed by atoms with Crippen LogP contribution in [0.15, 0.2) is 36.9 Å². The molecule has 2 amide bonds. The highest BCUT2D eigenvalue weighted by atomic mass is 35.5. The summed E-state index contributed by atoms with van der Waals surface area (Å²) in [7, 11) is 0. The minimum atomic E-state index is -0.762. The van der Waals surface area contributed by atoms with Gasteiger partial charge in [-0.15, -0.1) is 0 Å². The third-order valence-electron chi connectivity index (χ3n) is 3.12. The molecule has 7 nitrogen and oxygen atoms in total. The summed E-state index contributed by atoms with van der Waals surface area (Å²) >= 11 is 6.25. The van der Waals surface area contributed by atoms with Gasteiger partial charge in [-0.25, -0.2) is 9.78 Å². The summed E-state index contributed by atoms with van der Waals surface area (Å²) in [5.74, 6) is -0.377. The highest BCUT2D eigenvalue weighted by Crippen LogP contribution is 2.24. The van der Waals surface area contributed by atoms with Crippen LogP contribution in [0.1, 0.15) is 27.7 Å². The topological polar surface area (TPSA) is 85.2 Å². The fourth-order valence-corrected chi connectivity index (χ4v) is 2.27. The molecule has 8 heteroatoms. The molecular weight excluding hydrogens is 344 g/mol. The molecule has 1 aromatic carbocycles. The van der Waals surface area contributed by atoms with E-state index >= 15 is 0 Å². The number of rotatable bonds is 4. The van der Waals surface area contributed by atoms with Crippen LogP contribution >= 0.6 is 11.6 Å². The zero-order valence-electron chi connectivity index (χ0n) is 14.5. The third kappa shape index (κ3) is 5.49. The van der Waals surface area contributed by atoms with E-state index in [1.54, 1.807) is 69.2 Å². The Bertz CT molecular complexity index is 754. The second kappa shape index (κ2) is 7.57. The molecule has 134 valence electrons. The molecule has 0 fully saturated rings. The number of hydrogen-bond donors (Lipinski definition) is 2. The number of halogens is 1. The van der Waals surface area contributed by atoms with Gasteiger partial charge in [0.1, 0.15) is 11.6 Å². The predicted octanol–water partition coefficient (Wildman–Crippen LogP) is 3.38. The highest BCUT2D eigenvalue weighted by molar-refractivity contribution is 6.32. The molecule has 2 rings (SSSR count). The zero-order valence-corrected chi connectivity index (χ0v) is 15.3. The molecule has 0 aliphatic carbocycles. The van der Waals surface area contributed by atoms with Crippen molar-refractivity contribution in [3.8, 4) is 5.69 Å². The average molecular weight is 365 g/mol. The number of ether oxygens (including phenoxy) is 1. The molecule has 0 saturated heterocycles. The van der Waals surface area contributed by atoms with Crippen LogP contribution in [0.3, 0.4) is 0 Å². The number of aromatic nitrogens is 2. The Morgan fingerprint density at radius 1 is 1.32 bits per heavy atom. The van der Waals surface area contributed by atoms with E-state index in [9.17, 15) is 9.59 Å². The molecule has 1 aromatic heterocycles. The van der Waals surface area contributed by atoms with Gasteiger partial charge in [-0.3, -0.25) is 4.79 Å². The van der Waals surface area contributed by atoms with Crippen LogP contribution in [-0.2, 0) is 9.53 Å². The maximum Gasteiger partial charge on any atom is 0.408 e. The van der Waals surface area contributed by atoms with Crippen molar-refractivity contribution >= 4 is 29.3 Å². The second-order valence-electron chi connectivity index (χ2n) is 6.49. The Morgan fingerprint density at radius 3 is 2.60 bits per heavy atom. The molecule has 0 bridgehead atoms. The van der Waals surface area contributed by atoms with Crippen LogP contribution in [0.5, 0.6) is 0 Å². The average Bonchev–Trinajstić information content (AvgIpc) is 2.99. The molecule has 0 aliphatic rings. The quantitative estimate of drug-likeness (QED) is 0.870. The van der Waals surface area contributed by atoms with Gasteiger partial charge >= 0.3 is 6.09 Å². The van der Waals surface area contributed by atoms with E-state index < -0.39 is 17.7 Å². The number of carbonyl (C=O) groups excluding carboxylic acids is 2. The first kappa shape index (κ1) is 18.8. The maximum atomic E-state index is 12.2. The minimum absolute atomic E-state index is 0.377. The lowest BCUT2D eigenvalue weighted by molar-refractivity contribution is -0.117. The van der Waals surface area contributed by atoms with E-state index in [1.807, 2.05) is 0 Å². The SMILES string of the molecule is C[C@@H](NC(=O)OC(C)(C)C)C(=O)Nc1ccc(-n2ccnc2)c(Cl)c1. The number of amides is 2. The number of nitrogens with one attached hydrogen (secondary N) is 2. The first-order chi connectivity index (χ1) is 11.7. The van der Waals surface area contributed by atoms with E-state index in [0.717, 1.165) is 5.69 Å². The molecule has 2 aromatic rings. The number of alkyl carbamates (subject to hydrolysis) is 1. The molecule has 1 heterocycles. The fourth-order valence-electron chi connectivity index (χ4n) is 2.00. The zero-order chi connectivity index (χ0) is 18.6. The van der Waals surface area contributed by atoms with Crippen molar-refractivity contribution in [1.82, 2.24) is 14.9 Å². The molecule has 0 unspecified atom stereocenters. The van der Waals surface area contributed by atoms with Gasteiger partial charge in [0.2, 0.25) is 5.91 Å². The van der Waals surface area contributed by atoms with Crippen LogP contribution < -0.4 is 10.6 Å². The Labute approximate surface area is 151 Å². The molecule has 25 heavy (non-hydrogen) atoms. The lowest BCUT2D eigenvalue weighted by Crippen LogP contribution is -2.43. The Balaban J connectivity index is 1.98. The summed E-state index contributed by atoms with van der Waals surface area (Å²) < 4.78 is 6.89. The van der Waals surface area contributed by atoms with Gasteiger partial charge in [0.15, 0.2) is 0 Å². The van der Waals surface area contributed by atoms with Gasteiger partial charge in [-0.1, -0.05) is 11.6 Å². The molecule has 0 aliphatic heterocycles. The van der Waals surface area contributed by atoms with Crippen molar-refractivity contribution in [2.45, 2.75) is 39.3 Å². The first-order valence-electron chi connectivity index (χ1n) is 7.74. The van der Waals surface area contributed by atoms with Crippen LogP contribution in [0.4, 0.5) is 10.5 Å². The Morgan fingerprint density at radius 2 is 2.04 bits per heavy atom. The lowest BCUT2D eigenvalue weighted by atomic mass is 10.2. The monoisotopic (exact) mass is 364 g/mol. The van der Waals surface area contributed by atoms with E-state index in [-0.39, 0.29) is 5.91 Å². The van der Waals surface area contributed by atoms with Crippen molar-refractivity contribution in [1.29, 1.82) is 0 Å². The fraction of sp³-hybridized carbons (Fsp3) is 0.353. The number of benzene rings is 1. The van der Waals surface area contributed by atoms with E-state index in [0.29, 0.717) is 10.7 Å². The standard InChI is InChI=1S/C17H21ClN4O3/c1-11(20-16(24)25-17(2,3)4)15(23)21-12-5-6-14(13(18)9-12)22-8-7-19-10-22/h5-11H,1-4H3,(H,20,24)(H,21,23)/t11-/m1/s1. The summed E-state index contributed by atoms with van der Waals surface area (Å²) in [6, 6.07) is 4.36. The molecule has 0 saturated carbocycles. The summed E-state index contributed by atoms with van der Waals surface area (Å²) in [5, 5.41) is 5.65. The molecule has 2 N–H and O–H groups in total. The summed E-state index contributed by atoms with van der Waals surface area (Å²) in [5.41, 5.74) is 0.644. The third-order valence-corrected chi connectivity index (χ3v) is 3.43. The molecular formula is C17H21ClN4O3. The number of imidazole rings is 1. The van der Waals surface area contributed by atoms with Crippen LogP contribution in [0.25, 0.3) is 5.69 Å². The van der Waals surface area contributed by atoms with E-state index in [2.05, 4.69) is 15.6 Å². The lowest BCUT2D eigenvalue weighted by Gasteiger charge is -2.21. The van der Waals surface area contributed by atoms with Gasteiger partial charge in [-0.2, -0.15) is 0 Å². The van der Waals surface area contributed by atoms with Gasteiger partial charge < -0.3 is 19.9 Å². The van der Waals surface area contributed by atoms with Crippen molar-refractivity contribution < 1.29 is 14.3 Å². The molecule has 1 atom stereocenters. The van der Waals surface area contributed by atoms with Gasteiger partial charge in [-0.05, 0) is 45.9 Å². The number of nitrogens with zero attached hydrogens (tertiary/aromatic N) is 2. The first-order valence-corrected chi connectivity index (χ1v) is 8.12. The summed E-state index contributed by atoms with van der Waals surface area (Å²) in [6.07, 6.45) is 4.40.